The Bertz CT molecular complexity index is 1190. The van der Waals surface area contributed by atoms with E-state index < -0.39 is 12.1 Å². The van der Waals surface area contributed by atoms with Gasteiger partial charge >= 0.3 is 5.97 Å². The number of ether oxygens (including phenoxy) is 2. The highest BCUT2D eigenvalue weighted by atomic mass is 35.5. The maximum absolute atomic E-state index is 13.0. The molecule has 0 radical (unpaired) electrons. The number of carboxylic acid groups (broad SMARTS) is 1. The third-order valence-electron chi connectivity index (χ3n) is 5.26. The van der Waals surface area contributed by atoms with E-state index >= 15 is 0 Å². The van der Waals surface area contributed by atoms with Crippen LogP contribution in [0.3, 0.4) is 0 Å². The number of benzene rings is 2. The van der Waals surface area contributed by atoms with Crippen LogP contribution in [0.1, 0.15) is 53.7 Å². The lowest BCUT2D eigenvalue weighted by molar-refractivity contribution is -0.153. The van der Waals surface area contributed by atoms with Crippen molar-refractivity contribution in [2.24, 2.45) is 0 Å². The van der Waals surface area contributed by atoms with Crippen molar-refractivity contribution in [1.29, 1.82) is 0 Å². The van der Waals surface area contributed by atoms with E-state index in [4.69, 9.17) is 21.1 Å². The summed E-state index contributed by atoms with van der Waals surface area (Å²) >= 11 is 7.42. The molecule has 1 atom stereocenters. The van der Waals surface area contributed by atoms with Crippen molar-refractivity contribution < 1.29 is 24.2 Å². The molecule has 7 nitrogen and oxygen atoms in total. The van der Waals surface area contributed by atoms with Crippen LogP contribution in [0.2, 0.25) is 5.02 Å². The number of halogens is 1. The fraction of sp³-hybridized carbons (Fsp3) is 0.370. The molecule has 192 valence electrons. The zero-order chi connectivity index (χ0) is 26.2. The highest BCUT2D eigenvalue weighted by molar-refractivity contribution is 7.15. The van der Waals surface area contributed by atoms with Crippen molar-refractivity contribution in [3.05, 3.63) is 69.2 Å². The highest BCUT2D eigenvalue weighted by Gasteiger charge is 2.21. The number of carbonyl (C=O) groups excluding carboxylic acids is 1. The molecule has 0 spiro atoms. The van der Waals surface area contributed by atoms with Gasteiger partial charge < -0.3 is 19.9 Å². The molecule has 0 aliphatic heterocycles. The smallest absolute Gasteiger partial charge is 0.333 e. The first-order valence-corrected chi connectivity index (χ1v) is 13.0. The van der Waals surface area contributed by atoms with Crippen LogP contribution in [0.25, 0.3) is 10.6 Å². The molecule has 0 fully saturated rings. The molecule has 1 heterocycles. The van der Waals surface area contributed by atoms with Crippen LogP contribution in [0.15, 0.2) is 42.5 Å². The molecule has 36 heavy (non-hydrogen) atoms. The maximum Gasteiger partial charge on any atom is 0.333 e. The summed E-state index contributed by atoms with van der Waals surface area (Å²) < 4.78 is 11.4. The van der Waals surface area contributed by atoms with Crippen LogP contribution in [0.4, 0.5) is 0 Å². The first-order valence-electron chi connectivity index (χ1n) is 11.8. The molecular formula is C27H31ClN2O5S. The summed E-state index contributed by atoms with van der Waals surface area (Å²) in [7, 11) is 0. The lowest BCUT2D eigenvalue weighted by Gasteiger charge is -2.18. The SMILES string of the molecule is CCCOc1ccc(CC(OC(C)C)C(=O)O)cc1CNC(=O)c1nc(-c2ccc(Cl)cc2)sc1C. The number of carboxylic acids is 1. The largest absolute Gasteiger partial charge is 0.493 e. The standard InChI is InChI=1S/C27H31ClN2O5S/c1-5-12-34-22-11-6-18(14-23(27(32)33)35-16(2)3)13-20(22)15-29-25(31)24-17(4)36-26(30-24)19-7-9-21(28)10-8-19/h6-11,13,16,23H,5,12,14-15H2,1-4H3,(H,29,31)(H,32,33). The van der Waals surface area contributed by atoms with Crippen molar-refractivity contribution in [2.75, 3.05) is 6.61 Å². The summed E-state index contributed by atoms with van der Waals surface area (Å²) in [5.74, 6) is -0.655. The Morgan fingerprint density at radius 2 is 1.89 bits per heavy atom. The predicted molar refractivity (Wildman–Crippen MR) is 142 cm³/mol. The quantitative estimate of drug-likeness (QED) is 0.302. The average molecular weight is 531 g/mol. The summed E-state index contributed by atoms with van der Waals surface area (Å²) in [6.45, 7) is 8.23. The minimum absolute atomic E-state index is 0.207. The number of thiazole rings is 1. The van der Waals surface area contributed by atoms with Crippen LogP contribution >= 0.6 is 22.9 Å². The minimum Gasteiger partial charge on any atom is -0.493 e. The molecule has 9 heteroatoms. The summed E-state index contributed by atoms with van der Waals surface area (Å²) in [5, 5.41) is 13.9. The summed E-state index contributed by atoms with van der Waals surface area (Å²) in [6.07, 6.45) is -0.129. The van der Waals surface area contributed by atoms with E-state index in [2.05, 4.69) is 10.3 Å². The van der Waals surface area contributed by atoms with E-state index in [9.17, 15) is 14.7 Å². The van der Waals surface area contributed by atoms with Crippen molar-refractivity contribution in [3.8, 4) is 16.3 Å². The van der Waals surface area contributed by atoms with Crippen LogP contribution in [-0.2, 0) is 22.5 Å². The Labute approximate surface area is 220 Å². The van der Waals surface area contributed by atoms with Gasteiger partial charge in [0.05, 0.1) is 12.7 Å². The van der Waals surface area contributed by atoms with Crippen molar-refractivity contribution >= 4 is 34.8 Å². The fourth-order valence-electron chi connectivity index (χ4n) is 3.57. The third kappa shape index (κ3) is 7.53. The molecule has 0 saturated carbocycles. The number of carbonyl (C=O) groups is 2. The Morgan fingerprint density at radius 3 is 2.53 bits per heavy atom. The van der Waals surface area contributed by atoms with E-state index in [0.29, 0.717) is 23.1 Å². The molecular weight excluding hydrogens is 500 g/mol. The van der Waals surface area contributed by atoms with Crippen molar-refractivity contribution in [1.82, 2.24) is 10.3 Å². The van der Waals surface area contributed by atoms with Gasteiger partial charge in [-0.3, -0.25) is 4.79 Å². The number of aryl methyl sites for hydroxylation is 1. The topological polar surface area (TPSA) is 97.8 Å². The summed E-state index contributed by atoms with van der Waals surface area (Å²) in [4.78, 5) is 30.0. The van der Waals surface area contributed by atoms with Crippen molar-refractivity contribution in [2.45, 2.75) is 59.3 Å². The Hall–Kier alpha value is -2.94. The van der Waals surface area contributed by atoms with Gasteiger partial charge in [-0.15, -0.1) is 11.3 Å². The molecule has 0 aliphatic rings. The van der Waals surface area contributed by atoms with Crippen LogP contribution in [-0.4, -0.2) is 40.8 Å². The van der Waals surface area contributed by atoms with Gasteiger partial charge in [0, 0.05) is 34.0 Å². The molecule has 2 N–H and O–H groups in total. The number of hydrogen-bond acceptors (Lipinski definition) is 6. The predicted octanol–water partition coefficient (Wildman–Crippen LogP) is 5.91. The molecule has 1 aromatic heterocycles. The average Bonchev–Trinajstić information content (AvgIpc) is 3.23. The number of nitrogens with one attached hydrogen (secondary N) is 1. The van der Waals surface area contributed by atoms with Crippen LogP contribution < -0.4 is 10.1 Å². The molecule has 1 amide bonds. The number of hydrogen-bond donors (Lipinski definition) is 2. The lowest BCUT2D eigenvalue weighted by Crippen LogP contribution is -2.29. The number of aromatic nitrogens is 1. The highest BCUT2D eigenvalue weighted by Crippen LogP contribution is 2.29. The van der Waals surface area contributed by atoms with Gasteiger partial charge in [0.2, 0.25) is 0 Å². The zero-order valence-electron chi connectivity index (χ0n) is 20.8. The molecule has 0 bridgehead atoms. The molecule has 1 unspecified atom stereocenters. The summed E-state index contributed by atoms with van der Waals surface area (Å²) in [6, 6.07) is 12.8. The van der Waals surface area contributed by atoms with E-state index in [-0.39, 0.29) is 25.0 Å². The maximum atomic E-state index is 13.0. The number of nitrogens with zero attached hydrogens (tertiary/aromatic N) is 1. The second-order valence-electron chi connectivity index (χ2n) is 8.62. The Kier molecular flexibility index (Phi) is 9.87. The molecule has 2 aromatic carbocycles. The van der Waals surface area contributed by atoms with Gasteiger partial charge in [-0.2, -0.15) is 0 Å². The summed E-state index contributed by atoms with van der Waals surface area (Å²) in [5.41, 5.74) is 2.80. The number of aliphatic carboxylic acids is 1. The lowest BCUT2D eigenvalue weighted by atomic mass is 10.0. The molecule has 3 rings (SSSR count). The number of amides is 1. The minimum atomic E-state index is -1.01. The van der Waals surface area contributed by atoms with E-state index in [1.807, 2.05) is 44.2 Å². The zero-order valence-corrected chi connectivity index (χ0v) is 22.4. The van der Waals surface area contributed by atoms with Gasteiger partial charge in [-0.1, -0.05) is 42.8 Å². The molecule has 0 saturated heterocycles. The first kappa shape index (κ1) is 27.6. The normalized spacial score (nSPS) is 11.9. The van der Waals surface area contributed by atoms with Gasteiger partial charge in [-0.05, 0) is 51.0 Å². The van der Waals surface area contributed by atoms with Gasteiger partial charge in [0.25, 0.3) is 5.91 Å². The van der Waals surface area contributed by atoms with Crippen molar-refractivity contribution in [3.63, 3.8) is 0 Å². The fourth-order valence-corrected chi connectivity index (χ4v) is 4.61. The van der Waals surface area contributed by atoms with E-state index in [1.165, 1.54) is 11.3 Å². The third-order valence-corrected chi connectivity index (χ3v) is 6.53. The molecule has 3 aromatic rings. The monoisotopic (exact) mass is 530 g/mol. The first-order chi connectivity index (χ1) is 17.2. The van der Waals surface area contributed by atoms with Gasteiger partial charge in [0.15, 0.2) is 6.10 Å². The van der Waals surface area contributed by atoms with Gasteiger partial charge in [-0.25, -0.2) is 9.78 Å². The number of rotatable bonds is 12. The Morgan fingerprint density at radius 1 is 1.17 bits per heavy atom. The van der Waals surface area contributed by atoms with E-state index in [1.54, 1.807) is 26.0 Å². The Balaban J connectivity index is 1.77. The van der Waals surface area contributed by atoms with Crippen LogP contribution in [0, 0.1) is 6.92 Å². The van der Waals surface area contributed by atoms with Gasteiger partial charge in [0.1, 0.15) is 16.5 Å². The second kappa shape index (κ2) is 12.9. The van der Waals surface area contributed by atoms with E-state index in [0.717, 1.165) is 33.0 Å². The second-order valence-corrected chi connectivity index (χ2v) is 10.3. The van der Waals surface area contributed by atoms with Crippen LogP contribution in [0.5, 0.6) is 5.75 Å². The molecule has 0 aliphatic carbocycles.